The van der Waals surface area contributed by atoms with Crippen LogP contribution < -0.4 is 5.73 Å². The second kappa shape index (κ2) is 9.99. The molecule has 0 saturated carbocycles. The van der Waals surface area contributed by atoms with Crippen molar-refractivity contribution in [3.63, 3.8) is 0 Å². The molecule has 1 aromatic carbocycles. The van der Waals surface area contributed by atoms with Crippen molar-refractivity contribution in [2.45, 2.75) is 31.8 Å². The number of nitrogens with zero attached hydrogens (tertiary/aromatic N) is 2. The van der Waals surface area contributed by atoms with Gasteiger partial charge < -0.3 is 15.4 Å². The summed E-state index contributed by atoms with van der Waals surface area (Å²) in [7, 11) is 1.63. The molecule has 22 heavy (non-hydrogen) atoms. The van der Waals surface area contributed by atoms with Crippen molar-refractivity contribution in [2.75, 3.05) is 26.7 Å². The van der Waals surface area contributed by atoms with Gasteiger partial charge in [0.15, 0.2) is 5.96 Å². The first kappa shape index (κ1) is 19.2. The molecule has 0 aliphatic carbocycles. The highest BCUT2D eigenvalue weighted by Gasteiger charge is 2.13. The lowest BCUT2D eigenvalue weighted by atomic mass is 10.1. The number of nitrogens with two attached hydrogens (primary N) is 1. The molecule has 4 nitrogen and oxygen atoms in total. The number of hydrogen-bond donors (Lipinski definition) is 1. The molecule has 1 saturated heterocycles. The normalized spacial score (nSPS) is 17.5. The van der Waals surface area contributed by atoms with Crippen LogP contribution in [0, 0.1) is 5.82 Å². The van der Waals surface area contributed by atoms with E-state index in [1.165, 1.54) is 37.8 Å². The molecule has 1 unspecified atom stereocenters. The predicted molar refractivity (Wildman–Crippen MR) is 98.1 cm³/mol. The fourth-order valence-electron chi connectivity index (χ4n) is 2.57. The number of hydrogen-bond acceptors (Lipinski definition) is 2. The number of aliphatic imine (C=N–C) groups is 1. The monoisotopic (exact) mass is 421 g/mol. The molecule has 6 heteroatoms. The molecule has 0 spiro atoms. The van der Waals surface area contributed by atoms with Crippen molar-refractivity contribution >= 4 is 29.9 Å². The van der Waals surface area contributed by atoms with E-state index in [4.69, 9.17) is 10.5 Å². The van der Waals surface area contributed by atoms with Crippen LogP contribution in [-0.4, -0.2) is 37.6 Å². The number of guanidine groups is 1. The average molecular weight is 421 g/mol. The van der Waals surface area contributed by atoms with E-state index in [-0.39, 0.29) is 35.9 Å². The van der Waals surface area contributed by atoms with Crippen LogP contribution in [-0.2, 0) is 4.74 Å². The summed E-state index contributed by atoms with van der Waals surface area (Å²) >= 11 is 0. The maximum Gasteiger partial charge on any atom is 0.191 e. The number of methoxy groups -OCH3 is 1. The minimum atomic E-state index is -0.249. The van der Waals surface area contributed by atoms with Gasteiger partial charge in [0, 0.05) is 20.2 Å². The van der Waals surface area contributed by atoms with Crippen molar-refractivity contribution in [1.82, 2.24) is 4.90 Å². The van der Waals surface area contributed by atoms with Crippen LogP contribution in [0.3, 0.4) is 0 Å². The van der Waals surface area contributed by atoms with E-state index in [1.807, 2.05) is 0 Å². The van der Waals surface area contributed by atoms with E-state index >= 15 is 0 Å². The lowest BCUT2D eigenvalue weighted by Gasteiger charge is -2.22. The smallest absolute Gasteiger partial charge is 0.191 e. The Morgan fingerprint density at radius 3 is 2.36 bits per heavy atom. The third kappa shape index (κ3) is 5.72. The molecule has 1 heterocycles. The van der Waals surface area contributed by atoms with Crippen molar-refractivity contribution in [2.24, 2.45) is 10.7 Å². The Kier molecular flexibility index (Phi) is 8.70. The summed E-state index contributed by atoms with van der Waals surface area (Å²) in [5.41, 5.74) is 6.99. The van der Waals surface area contributed by atoms with Crippen LogP contribution >= 0.6 is 24.0 Å². The summed E-state index contributed by atoms with van der Waals surface area (Å²) in [5.74, 6) is 0.335. The van der Waals surface area contributed by atoms with Gasteiger partial charge >= 0.3 is 0 Å². The minimum absolute atomic E-state index is 0. The third-order valence-electron chi connectivity index (χ3n) is 3.88. The quantitative estimate of drug-likeness (QED) is 0.461. The topological polar surface area (TPSA) is 50.9 Å². The van der Waals surface area contributed by atoms with E-state index in [0.717, 1.165) is 18.7 Å². The molecule has 1 aliphatic rings. The predicted octanol–water partition coefficient (Wildman–Crippen LogP) is 3.32. The summed E-state index contributed by atoms with van der Waals surface area (Å²) in [5, 5.41) is 0. The van der Waals surface area contributed by atoms with Crippen LogP contribution in [0.1, 0.15) is 37.4 Å². The van der Waals surface area contributed by atoms with Gasteiger partial charge in [-0.1, -0.05) is 25.0 Å². The van der Waals surface area contributed by atoms with Gasteiger partial charge in [0.1, 0.15) is 11.9 Å². The molecule has 0 amide bonds. The first-order valence-corrected chi connectivity index (χ1v) is 7.54. The summed E-state index contributed by atoms with van der Waals surface area (Å²) in [6.45, 7) is 2.40. The first-order chi connectivity index (χ1) is 10.2. The van der Waals surface area contributed by atoms with Crippen molar-refractivity contribution in [3.8, 4) is 0 Å². The molecule has 0 bridgehead atoms. The summed E-state index contributed by atoms with van der Waals surface area (Å²) < 4.78 is 18.4. The maximum absolute atomic E-state index is 13.0. The van der Waals surface area contributed by atoms with Crippen LogP contribution in [0.2, 0.25) is 0 Å². The SMILES string of the molecule is COC(CN=C(N)N1CCCCCC1)c1ccc(F)cc1.I. The number of rotatable bonds is 4. The molecule has 2 N–H and O–H groups in total. The number of benzene rings is 1. The van der Waals surface area contributed by atoms with Crippen molar-refractivity contribution < 1.29 is 9.13 Å². The Bertz CT molecular complexity index is 459. The van der Waals surface area contributed by atoms with Gasteiger partial charge in [-0.25, -0.2) is 4.39 Å². The molecular weight excluding hydrogens is 396 g/mol. The second-order valence-electron chi connectivity index (χ2n) is 5.38. The Morgan fingerprint density at radius 2 is 1.82 bits per heavy atom. The first-order valence-electron chi connectivity index (χ1n) is 7.54. The Balaban J connectivity index is 0.00000242. The summed E-state index contributed by atoms with van der Waals surface area (Å²) in [6.07, 6.45) is 4.67. The van der Waals surface area contributed by atoms with Crippen LogP contribution in [0.15, 0.2) is 29.3 Å². The van der Waals surface area contributed by atoms with Gasteiger partial charge in [0.2, 0.25) is 0 Å². The fraction of sp³-hybridized carbons (Fsp3) is 0.562. The van der Waals surface area contributed by atoms with Gasteiger partial charge in [-0.3, -0.25) is 4.99 Å². The lowest BCUT2D eigenvalue weighted by molar-refractivity contribution is 0.110. The molecule has 1 aliphatic heterocycles. The van der Waals surface area contributed by atoms with E-state index in [9.17, 15) is 4.39 Å². The fourth-order valence-corrected chi connectivity index (χ4v) is 2.57. The largest absolute Gasteiger partial charge is 0.375 e. The van der Waals surface area contributed by atoms with E-state index in [0.29, 0.717) is 12.5 Å². The Labute approximate surface area is 148 Å². The minimum Gasteiger partial charge on any atom is -0.375 e. The molecular formula is C16H25FIN3O. The molecule has 0 radical (unpaired) electrons. The number of halogens is 2. The second-order valence-corrected chi connectivity index (χ2v) is 5.38. The van der Waals surface area contributed by atoms with Gasteiger partial charge in [0.05, 0.1) is 6.54 Å². The van der Waals surface area contributed by atoms with Gasteiger partial charge in [-0.05, 0) is 30.5 Å². The summed E-state index contributed by atoms with van der Waals surface area (Å²) in [4.78, 5) is 6.60. The zero-order valence-electron chi connectivity index (χ0n) is 13.0. The maximum atomic E-state index is 13.0. The molecule has 1 fully saturated rings. The van der Waals surface area contributed by atoms with Crippen LogP contribution in [0.5, 0.6) is 0 Å². The third-order valence-corrected chi connectivity index (χ3v) is 3.88. The van der Waals surface area contributed by atoms with Gasteiger partial charge in [-0.15, -0.1) is 24.0 Å². The zero-order chi connectivity index (χ0) is 15.1. The molecule has 1 aromatic rings. The highest BCUT2D eigenvalue weighted by Crippen LogP contribution is 2.17. The average Bonchev–Trinajstić information content (AvgIpc) is 2.78. The standard InChI is InChI=1S/C16H24FN3O.HI/c1-21-15(13-6-8-14(17)9-7-13)12-19-16(18)20-10-4-2-3-5-11-20;/h6-9,15H,2-5,10-12H2,1H3,(H2,18,19);1H. The highest BCUT2D eigenvalue weighted by atomic mass is 127. The van der Waals surface area contributed by atoms with Crippen LogP contribution in [0.4, 0.5) is 4.39 Å². The van der Waals surface area contributed by atoms with Gasteiger partial charge in [-0.2, -0.15) is 0 Å². The zero-order valence-corrected chi connectivity index (χ0v) is 15.3. The number of likely N-dealkylation sites (tertiary alicyclic amines) is 1. The van der Waals surface area contributed by atoms with E-state index in [2.05, 4.69) is 9.89 Å². The van der Waals surface area contributed by atoms with E-state index in [1.54, 1.807) is 19.2 Å². The molecule has 1 atom stereocenters. The number of ether oxygens (including phenoxy) is 1. The Morgan fingerprint density at radius 1 is 1.23 bits per heavy atom. The molecule has 0 aromatic heterocycles. The van der Waals surface area contributed by atoms with Crippen LogP contribution in [0.25, 0.3) is 0 Å². The molecule has 2 rings (SSSR count). The van der Waals surface area contributed by atoms with Crippen molar-refractivity contribution in [1.29, 1.82) is 0 Å². The highest BCUT2D eigenvalue weighted by molar-refractivity contribution is 14.0. The van der Waals surface area contributed by atoms with E-state index < -0.39 is 0 Å². The molecule has 124 valence electrons. The lowest BCUT2D eigenvalue weighted by Crippen LogP contribution is -2.38. The Hall–Kier alpha value is -0.890. The van der Waals surface area contributed by atoms with Gasteiger partial charge in [0.25, 0.3) is 0 Å². The summed E-state index contributed by atoms with van der Waals surface area (Å²) in [6, 6.07) is 6.31. The van der Waals surface area contributed by atoms with Crippen molar-refractivity contribution in [3.05, 3.63) is 35.6 Å².